The van der Waals surface area contributed by atoms with Crippen LogP contribution in [0.5, 0.6) is 11.6 Å². The van der Waals surface area contributed by atoms with Crippen LogP contribution in [0.1, 0.15) is 16.1 Å². The Bertz CT molecular complexity index is 557. The van der Waals surface area contributed by atoms with Gasteiger partial charge in [0.05, 0.1) is 11.8 Å². The number of carbonyl (C=O) groups is 1. The molecule has 2 aromatic heterocycles. The van der Waals surface area contributed by atoms with Crippen molar-refractivity contribution >= 4 is 5.97 Å². The average Bonchev–Trinajstić information content (AvgIpc) is 2.29. The number of rotatable bonds is 3. The molecule has 2 heterocycles. The second-order valence-corrected chi connectivity index (χ2v) is 3.31. The lowest BCUT2D eigenvalue weighted by Crippen LogP contribution is -1.98. The van der Waals surface area contributed by atoms with Crippen molar-refractivity contribution in [2.24, 2.45) is 0 Å². The Morgan fingerprint density at radius 2 is 2.12 bits per heavy atom. The SMILES string of the molecule is Cc1cc(Oc2cncc(C(=O)O)c2)ncn1. The minimum absolute atomic E-state index is 0.0632. The second kappa shape index (κ2) is 4.56. The maximum atomic E-state index is 10.7. The highest BCUT2D eigenvalue weighted by atomic mass is 16.5. The van der Waals surface area contributed by atoms with E-state index >= 15 is 0 Å². The summed E-state index contributed by atoms with van der Waals surface area (Å²) in [5.74, 6) is -0.383. The lowest BCUT2D eigenvalue weighted by atomic mass is 10.3. The zero-order valence-corrected chi connectivity index (χ0v) is 8.99. The summed E-state index contributed by atoms with van der Waals surface area (Å²) in [5.41, 5.74) is 0.825. The molecule has 6 heteroatoms. The molecule has 0 fully saturated rings. The molecule has 0 aliphatic rings. The van der Waals surface area contributed by atoms with Gasteiger partial charge in [-0.05, 0) is 13.0 Å². The monoisotopic (exact) mass is 231 g/mol. The molecule has 0 bridgehead atoms. The lowest BCUT2D eigenvalue weighted by Gasteiger charge is -2.04. The Hall–Kier alpha value is -2.50. The van der Waals surface area contributed by atoms with Crippen LogP contribution in [0.2, 0.25) is 0 Å². The molecule has 86 valence electrons. The van der Waals surface area contributed by atoms with Crippen LogP contribution in [0.4, 0.5) is 0 Å². The van der Waals surface area contributed by atoms with Gasteiger partial charge in [-0.3, -0.25) is 4.98 Å². The number of aryl methyl sites for hydroxylation is 1. The summed E-state index contributed by atoms with van der Waals surface area (Å²) in [5, 5.41) is 8.80. The van der Waals surface area contributed by atoms with E-state index in [1.807, 2.05) is 0 Å². The minimum atomic E-state index is -1.05. The molecule has 0 unspecified atom stereocenters. The standard InChI is InChI=1S/C11H9N3O3/c1-7-2-10(14-6-13-7)17-9-3-8(11(15)16)4-12-5-9/h2-6H,1H3,(H,15,16). The van der Waals surface area contributed by atoms with Crippen molar-refractivity contribution in [1.82, 2.24) is 15.0 Å². The van der Waals surface area contributed by atoms with E-state index in [4.69, 9.17) is 9.84 Å². The highest BCUT2D eigenvalue weighted by molar-refractivity contribution is 5.87. The van der Waals surface area contributed by atoms with Crippen LogP contribution in [0.25, 0.3) is 0 Å². The summed E-state index contributed by atoms with van der Waals surface area (Å²) < 4.78 is 5.37. The Balaban J connectivity index is 2.24. The molecule has 0 spiro atoms. The van der Waals surface area contributed by atoms with Gasteiger partial charge in [-0.1, -0.05) is 0 Å². The quantitative estimate of drug-likeness (QED) is 0.864. The number of aromatic carboxylic acids is 1. The Morgan fingerprint density at radius 1 is 1.29 bits per heavy atom. The fraction of sp³-hybridized carbons (Fsp3) is 0.0909. The van der Waals surface area contributed by atoms with Crippen molar-refractivity contribution in [2.75, 3.05) is 0 Å². The highest BCUT2D eigenvalue weighted by Gasteiger charge is 2.06. The molecule has 1 N–H and O–H groups in total. The maximum absolute atomic E-state index is 10.7. The first-order valence-electron chi connectivity index (χ1n) is 4.80. The first-order valence-corrected chi connectivity index (χ1v) is 4.80. The van der Waals surface area contributed by atoms with Gasteiger partial charge < -0.3 is 9.84 Å². The van der Waals surface area contributed by atoms with Gasteiger partial charge in [-0.15, -0.1) is 0 Å². The van der Waals surface area contributed by atoms with Crippen molar-refractivity contribution < 1.29 is 14.6 Å². The van der Waals surface area contributed by atoms with Gasteiger partial charge in [0.25, 0.3) is 0 Å². The van der Waals surface area contributed by atoms with Crippen LogP contribution >= 0.6 is 0 Å². The molecular formula is C11H9N3O3. The topological polar surface area (TPSA) is 85.2 Å². The molecule has 0 radical (unpaired) electrons. The molecule has 2 rings (SSSR count). The van der Waals surface area contributed by atoms with Crippen molar-refractivity contribution in [3.63, 3.8) is 0 Å². The predicted molar refractivity (Wildman–Crippen MR) is 58.0 cm³/mol. The molecule has 17 heavy (non-hydrogen) atoms. The van der Waals surface area contributed by atoms with Gasteiger partial charge in [0.1, 0.15) is 12.1 Å². The summed E-state index contributed by atoms with van der Waals surface area (Å²) in [6.07, 6.45) is 4.05. The lowest BCUT2D eigenvalue weighted by molar-refractivity contribution is 0.0696. The van der Waals surface area contributed by atoms with E-state index in [2.05, 4.69) is 15.0 Å². The molecular weight excluding hydrogens is 222 g/mol. The van der Waals surface area contributed by atoms with E-state index in [9.17, 15) is 4.79 Å². The van der Waals surface area contributed by atoms with Crippen LogP contribution in [-0.2, 0) is 0 Å². The molecule has 2 aromatic rings. The van der Waals surface area contributed by atoms with Crippen LogP contribution in [0.3, 0.4) is 0 Å². The number of pyridine rings is 1. The third-order valence-electron chi connectivity index (χ3n) is 1.96. The molecule has 0 aliphatic heterocycles. The van der Waals surface area contributed by atoms with E-state index in [-0.39, 0.29) is 5.56 Å². The summed E-state index contributed by atoms with van der Waals surface area (Å²) >= 11 is 0. The van der Waals surface area contributed by atoms with E-state index in [1.54, 1.807) is 13.0 Å². The highest BCUT2D eigenvalue weighted by Crippen LogP contribution is 2.19. The first-order chi connectivity index (χ1) is 8.15. The molecule has 0 saturated heterocycles. The van der Waals surface area contributed by atoms with Gasteiger partial charge in [0.15, 0.2) is 0 Å². The number of hydrogen-bond donors (Lipinski definition) is 1. The number of carboxylic acids is 1. The molecule has 0 atom stereocenters. The molecule has 0 amide bonds. The largest absolute Gasteiger partial charge is 0.478 e. The van der Waals surface area contributed by atoms with E-state index < -0.39 is 5.97 Å². The fourth-order valence-corrected chi connectivity index (χ4v) is 1.20. The summed E-state index contributed by atoms with van der Waals surface area (Å²) in [6.45, 7) is 1.81. The number of nitrogens with zero attached hydrogens (tertiary/aromatic N) is 3. The number of hydrogen-bond acceptors (Lipinski definition) is 5. The zero-order chi connectivity index (χ0) is 12.3. The van der Waals surface area contributed by atoms with Gasteiger partial charge >= 0.3 is 5.97 Å². The van der Waals surface area contributed by atoms with Gasteiger partial charge in [-0.25, -0.2) is 14.8 Å². The smallest absolute Gasteiger partial charge is 0.337 e. The molecule has 0 saturated carbocycles. The number of ether oxygens (including phenoxy) is 1. The summed E-state index contributed by atoms with van der Waals surface area (Å²) in [6, 6.07) is 3.03. The minimum Gasteiger partial charge on any atom is -0.478 e. The van der Waals surface area contributed by atoms with E-state index in [1.165, 1.54) is 24.8 Å². The fourth-order valence-electron chi connectivity index (χ4n) is 1.20. The van der Waals surface area contributed by atoms with Crippen molar-refractivity contribution in [1.29, 1.82) is 0 Å². The Morgan fingerprint density at radius 3 is 2.82 bits per heavy atom. The molecule has 0 aliphatic carbocycles. The third-order valence-corrected chi connectivity index (χ3v) is 1.96. The van der Waals surface area contributed by atoms with Crippen molar-refractivity contribution in [2.45, 2.75) is 6.92 Å². The number of carboxylic acid groups (broad SMARTS) is 1. The van der Waals surface area contributed by atoms with Crippen LogP contribution in [-0.4, -0.2) is 26.0 Å². The van der Waals surface area contributed by atoms with E-state index in [0.29, 0.717) is 11.6 Å². The summed E-state index contributed by atoms with van der Waals surface area (Å²) in [7, 11) is 0. The van der Waals surface area contributed by atoms with Gasteiger partial charge in [0.2, 0.25) is 5.88 Å². The second-order valence-electron chi connectivity index (χ2n) is 3.31. The van der Waals surface area contributed by atoms with Gasteiger partial charge in [0, 0.05) is 18.0 Å². The normalized spacial score (nSPS) is 9.94. The Labute approximate surface area is 96.9 Å². The average molecular weight is 231 g/mol. The summed E-state index contributed by atoms with van der Waals surface area (Å²) in [4.78, 5) is 22.3. The predicted octanol–water partition coefficient (Wildman–Crippen LogP) is 1.67. The Kier molecular flexibility index (Phi) is 2.95. The third kappa shape index (κ3) is 2.75. The first kappa shape index (κ1) is 11.0. The van der Waals surface area contributed by atoms with Crippen LogP contribution in [0, 0.1) is 6.92 Å². The maximum Gasteiger partial charge on any atom is 0.337 e. The van der Waals surface area contributed by atoms with E-state index in [0.717, 1.165) is 5.69 Å². The molecule has 0 aromatic carbocycles. The zero-order valence-electron chi connectivity index (χ0n) is 8.99. The molecule has 6 nitrogen and oxygen atoms in total. The van der Waals surface area contributed by atoms with Crippen molar-refractivity contribution in [3.8, 4) is 11.6 Å². The number of aromatic nitrogens is 3. The van der Waals surface area contributed by atoms with Crippen LogP contribution in [0.15, 0.2) is 30.9 Å². The van der Waals surface area contributed by atoms with Crippen molar-refractivity contribution in [3.05, 3.63) is 42.1 Å². The van der Waals surface area contributed by atoms with Crippen LogP contribution < -0.4 is 4.74 Å². The van der Waals surface area contributed by atoms with Gasteiger partial charge in [-0.2, -0.15) is 0 Å².